The summed E-state index contributed by atoms with van der Waals surface area (Å²) < 4.78 is 5.42. The van der Waals surface area contributed by atoms with Crippen LogP contribution in [0.15, 0.2) is 53.9 Å². The Bertz CT molecular complexity index is 677. The molecule has 1 aromatic heterocycles. The number of nitrogens with two attached hydrogens (primary N) is 1. The Hall–Kier alpha value is -2.60. The molecule has 0 unspecified atom stereocenters. The molecule has 7 heteroatoms. The lowest BCUT2D eigenvalue weighted by Gasteiger charge is -2.12. The molecule has 0 aliphatic heterocycles. The van der Waals surface area contributed by atoms with Crippen molar-refractivity contribution in [1.82, 2.24) is 4.98 Å². The number of hydrogen-bond acceptors (Lipinski definition) is 5. The largest absolute Gasteiger partial charge is 0.479 e. The van der Waals surface area contributed by atoms with E-state index < -0.39 is 12.1 Å². The molecule has 114 valence electrons. The summed E-state index contributed by atoms with van der Waals surface area (Å²) in [5, 5.41) is 4.10. The van der Waals surface area contributed by atoms with Crippen LogP contribution in [-0.4, -0.2) is 22.9 Å². The van der Waals surface area contributed by atoms with Crippen LogP contribution in [0, 0.1) is 0 Å². The highest BCUT2D eigenvalue weighted by atomic mass is 35.5. The van der Waals surface area contributed by atoms with Gasteiger partial charge in [0.1, 0.15) is 5.75 Å². The summed E-state index contributed by atoms with van der Waals surface area (Å²) in [5.41, 5.74) is 6.31. The van der Waals surface area contributed by atoms with Gasteiger partial charge in [0.25, 0.3) is 0 Å². The second kappa shape index (κ2) is 7.42. The lowest BCUT2D eigenvalue weighted by Crippen LogP contribution is -2.26. The fraction of sp³-hybridized carbons (Fsp3) is 0.133. The molecule has 2 aromatic rings. The summed E-state index contributed by atoms with van der Waals surface area (Å²) in [7, 11) is 0. The van der Waals surface area contributed by atoms with Crippen LogP contribution < -0.4 is 10.5 Å². The molecule has 0 fully saturated rings. The van der Waals surface area contributed by atoms with Crippen molar-refractivity contribution in [3.05, 3.63) is 59.4 Å². The minimum Gasteiger partial charge on any atom is -0.479 e. The third-order valence-electron chi connectivity index (χ3n) is 2.65. The third-order valence-corrected chi connectivity index (χ3v) is 2.89. The molecule has 6 nitrogen and oxygen atoms in total. The molecule has 1 atom stereocenters. The number of carbonyl (C=O) groups excluding carboxylic acids is 1. The molecule has 0 spiro atoms. The van der Waals surface area contributed by atoms with E-state index >= 15 is 0 Å². The highest BCUT2D eigenvalue weighted by molar-refractivity contribution is 6.30. The van der Waals surface area contributed by atoms with Crippen molar-refractivity contribution in [2.45, 2.75) is 13.0 Å². The average molecular weight is 320 g/mol. The second-order valence-corrected chi connectivity index (χ2v) is 4.78. The van der Waals surface area contributed by atoms with Crippen molar-refractivity contribution >= 4 is 23.4 Å². The van der Waals surface area contributed by atoms with Gasteiger partial charge in [0.15, 0.2) is 11.9 Å². The Morgan fingerprint density at radius 3 is 2.73 bits per heavy atom. The maximum atomic E-state index is 11.8. The van der Waals surface area contributed by atoms with Gasteiger partial charge in [0.05, 0.1) is 0 Å². The Labute approximate surface area is 132 Å². The molecule has 2 N–H and O–H groups in total. The molecule has 0 bridgehead atoms. The van der Waals surface area contributed by atoms with Gasteiger partial charge in [-0.25, -0.2) is 4.79 Å². The second-order valence-electron chi connectivity index (χ2n) is 4.34. The SMILES string of the molecule is C[C@@H](Oc1cccc(Cl)c1)C(=O)O/N=C(/N)c1ccncc1. The molecule has 1 heterocycles. The number of halogens is 1. The maximum Gasteiger partial charge on any atom is 0.374 e. The van der Waals surface area contributed by atoms with E-state index in [1.54, 1.807) is 55.7 Å². The van der Waals surface area contributed by atoms with E-state index in [0.29, 0.717) is 16.3 Å². The van der Waals surface area contributed by atoms with Gasteiger partial charge in [0, 0.05) is 23.0 Å². The van der Waals surface area contributed by atoms with Gasteiger partial charge in [-0.15, -0.1) is 0 Å². The van der Waals surface area contributed by atoms with E-state index in [2.05, 4.69) is 10.1 Å². The summed E-state index contributed by atoms with van der Waals surface area (Å²) >= 11 is 5.84. The van der Waals surface area contributed by atoms with E-state index in [9.17, 15) is 4.79 Å². The number of carbonyl (C=O) groups is 1. The zero-order valence-corrected chi connectivity index (χ0v) is 12.5. The molecular weight excluding hydrogens is 306 g/mol. The summed E-state index contributed by atoms with van der Waals surface area (Å²) in [6, 6.07) is 10.0. The van der Waals surface area contributed by atoms with Gasteiger partial charge >= 0.3 is 5.97 Å². The van der Waals surface area contributed by atoms with E-state index in [4.69, 9.17) is 26.9 Å². The highest BCUT2D eigenvalue weighted by Gasteiger charge is 2.17. The van der Waals surface area contributed by atoms with E-state index in [1.165, 1.54) is 0 Å². The highest BCUT2D eigenvalue weighted by Crippen LogP contribution is 2.18. The summed E-state index contributed by atoms with van der Waals surface area (Å²) in [4.78, 5) is 20.4. The lowest BCUT2D eigenvalue weighted by atomic mass is 10.2. The monoisotopic (exact) mass is 319 g/mol. The van der Waals surface area contributed by atoms with Crippen molar-refractivity contribution in [2.75, 3.05) is 0 Å². The summed E-state index contributed by atoms with van der Waals surface area (Å²) in [5.74, 6) is -0.134. The van der Waals surface area contributed by atoms with Crippen LogP contribution in [0.25, 0.3) is 0 Å². The zero-order valence-electron chi connectivity index (χ0n) is 11.8. The Kier molecular flexibility index (Phi) is 5.32. The number of amidine groups is 1. The van der Waals surface area contributed by atoms with Crippen molar-refractivity contribution in [3.8, 4) is 5.75 Å². The number of ether oxygens (including phenoxy) is 1. The van der Waals surface area contributed by atoms with Crippen molar-refractivity contribution in [1.29, 1.82) is 0 Å². The number of hydrogen-bond donors (Lipinski definition) is 1. The van der Waals surface area contributed by atoms with Crippen LogP contribution in [-0.2, 0) is 9.63 Å². The summed E-state index contributed by atoms with van der Waals surface area (Å²) in [6.07, 6.45) is 2.27. The standard InChI is InChI=1S/C15H14ClN3O3/c1-10(21-13-4-2-3-12(16)9-13)15(20)22-19-14(17)11-5-7-18-8-6-11/h2-10H,1H3,(H2,17,19)/t10-/m1/s1. The molecule has 0 aliphatic rings. The maximum absolute atomic E-state index is 11.8. The molecule has 0 amide bonds. The Balaban J connectivity index is 1.94. The molecule has 22 heavy (non-hydrogen) atoms. The molecule has 2 rings (SSSR count). The first-order valence-corrected chi connectivity index (χ1v) is 6.81. The quantitative estimate of drug-likeness (QED) is 0.395. The molecule has 0 saturated carbocycles. The number of rotatable bonds is 5. The lowest BCUT2D eigenvalue weighted by molar-refractivity contribution is -0.151. The van der Waals surface area contributed by atoms with Gasteiger partial charge in [-0.1, -0.05) is 22.8 Å². The van der Waals surface area contributed by atoms with Gasteiger partial charge in [-0.3, -0.25) is 4.98 Å². The Morgan fingerprint density at radius 2 is 2.05 bits per heavy atom. The first-order valence-electron chi connectivity index (χ1n) is 6.43. The van der Waals surface area contributed by atoms with Gasteiger partial charge < -0.3 is 15.3 Å². The van der Waals surface area contributed by atoms with Crippen molar-refractivity contribution in [3.63, 3.8) is 0 Å². The molecule has 0 aliphatic carbocycles. The number of pyridine rings is 1. The van der Waals surface area contributed by atoms with E-state index in [0.717, 1.165) is 0 Å². The molecule has 0 saturated heterocycles. The van der Waals surface area contributed by atoms with Crippen LogP contribution >= 0.6 is 11.6 Å². The predicted molar refractivity (Wildman–Crippen MR) is 82.6 cm³/mol. The number of nitrogens with zero attached hydrogens (tertiary/aromatic N) is 2. The van der Waals surface area contributed by atoms with Gasteiger partial charge in [-0.2, -0.15) is 0 Å². The van der Waals surface area contributed by atoms with Crippen LogP contribution in [0.4, 0.5) is 0 Å². The minimum atomic E-state index is -0.854. The van der Waals surface area contributed by atoms with Crippen LogP contribution in [0.3, 0.4) is 0 Å². The first-order chi connectivity index (χ1) is 10.6. The predicted octanol–water partition coefficient (Wildman–Crippen LogP) is 2.37. The van der Waals surface area contributed by atoms with Gasteiger partial charge in [-0.05, 0) is 37.3 Å². The third kappa shape index (κ3) is 4.46. The fourth-order valence-corrected chi connectivity index (χ4v) is 1.72. The molecule has 0 radical (unpaired) electrons. The van der Waals surface area contributed by atoms with Crippen molar-refractivity contribution < 1.29 is 14.4 Å². The average Bonchev–Trinajstić information content (AvgIpc) is 2.53. The van der Waals surface area contributed by atoms with Crippen LogP contribution in [0.2, 0.25) is 5.02 Å². The van der Waals surface area contributed by atoms with Gasteiger partial charge in [0.2, 0.25) is 0 Å². The minimum absolute atomic E-state index is 0.0747. The number of benzene rings is 1. The van der Waals surface area contributed by atoms with Crippen molar-refractivity contribution in [2.24, 2.45) is 10.9 Å². The van der Waals surface area contributed by atoms with Crippen LogP contribution in [0.5, 0.6) is 5.75 Å². The molecular formula is C15H14ClN3O3. The molecule has 1 aromatic carbocycles. The number of aromatic nitrogens is 1. The fourth-order valence-electron chi connectivity index (χ4n) is 1.54. The topological polar surface area (TPSA) is 86.8 Å². The Morgan fingerprint density at radius 1 is 1.32 bits per heavy atom. The van der Waals surface area contributed by atoms with E-state index in [-0.39, 0.29) is 5.84 Å². The smallest absolute Gasteiger partial charge is 0.374 e. The number of oxime groups is 1. The summed E-state index contributed by atoms with van der Waals surface area (Å²) in [6.45, 7) is 1.54. The first kappa shape index (κ1) is 15.8. The van der Waals surface area contributed by atoms with Crippen LogP contribution in [0.1, 0.15) is 12.5 Å². The van der Waals surface area contributed by atoms with E-state index in [1.807, 2.05) is 0 Å². The zero-order chi connectivity index (χ0) is 15.9. The normalized spacial score (nSPS) is 12.5.